The van der Waals surface area contributed by atoms with Crippen LogP contribution < -0.4 is 11.1 Å². The van der Waals surface area contributed by atoms with Gasteiger partial charge in [-0.25, -0.2) is 0 Å². The smallest absolute Gasteiger partial charge is 0.263 e. The lowest BCUT2D eigenvalue weighted by Gasteiger charge is -2.22. The van der Waals surface area contributed by atoms with Crippen LogP contribution in [0.5, 0.6) is 0 Å². The number of fused-ring (bicyclic) bond motifs is 1. The summed E-state index contributed by atoms with van der Waals surface area (Å²) in [5, 5.41) is 4.49. The van der Waals surface area contributed by atoms with Crippen molar-refractivity contribution in [2.24, 2.45) is 0 Å². The average Bonchev–Trinajstić information content (AvgIpc) is 2.78. The highest BCUT2D eigenvalue weighted by atomic mass is 35.5. The third kappa shape index (κ3) is 3.07. The van der Waals surface area contributed by atoms with Gasteiger partial charge in [-0.3, -0.25) is 9.00 Å². The van der Waals surface area contributed by atoms with Crippen LogP contribution >= 0.6 is 22.9 Å². The maximum atomic E-state index is 12.4. The van der Waals surface area contributed by atoms with Crippen LogP contribution in [-0.4, -0.2) is 27.7 Å². The fourth-order valence-corrected chi connectivity index (χ4v) is 5.05. The summed E-state index contributed by atoms with van der Waals surface area (Å²) in [5.41, 5.74) is 6.58. The topological polar surface area (TPSA) is 72.2 Å². The van der Waals surface area contributed by atoms with Gasteiger partial charge in [0.15, 0.2) is 0 Å². The molecule has 1 saturated heterocycles. The largest absolute Gasteiger partial charge is 0.397 e. The van der Waals surface area contributed by atoms with E-state index >= 15 is 0 Å². The van der Waals surface area contributed by atoms with Crippen LogP contribution in [0.1, 0.15) is 22.5 Å². The first kappa shape index (κ1) is 14.8. The highest BCUT2D eigenvalue weighted by molar-refractivity contribution is 7.85. The van der Waals surface area contributed by atoms with Crippen molar-refractivity contribution in [3.8, 4) is 0 Å². The van der Waals surface area contributed by atoms with Crippen molar-refractivity contribution >= 4 is 55.4 Å². The second kappa shape index (κ2) is 5.94. The minimum absolute atomic E-state index is 0.0865. The second-order valence-corrected chi connectivity index (χ2v) is 8.27. The summed E-state index contributed by atoms with van der Waals surface area (Å²) in [5.74, 6) is 1.16. The molecule has 0 atom stereocenters. The summed E-state index contributed by atoms with van der Waals surface area (Å²) in [4.78, 5) is 12.9. The number of hydrogen-bond acceptors (Lipinski definition) is 4. The SMILES string of the molecule is Nc1c(C(=O)NC2CCS(=O)CC2)sc2cc(Cl)ccc12. The molecule has 0 spiro atoms. The van der Waals surface area contributed by atoms with Crippen molar-refractivity contribution in [1.82, 2.24) is 5.32 Å². The van der Waals surface area contributed by atoms with E-state index < -0.39 is 10.8 Å². The molecule has 0 saturated carbocycles. The van der Waals surface area contributed by atoms with Gasteiger partial charge in [0.2, 0.25) is 0 Å². The Bertz CT molecular complexity index is 719. The Balaban J connectivity index is 1.81. The summed E-state index contributed by atoms with van der Waals surface area (Å²) in [7, 11) is -0.728. The predicted molar refractivity (Wildman–Crippen MR) is 89.6 cm³/mol. The first-order valence-electron chi connectivity index (χ1n) is 6.68. The molecular formula is C14H15ClN2O2S2. The van der Waals surface area contributed by atoms with Gasteiger partial charge < -0.3 is 11.1 Å². The zero-order valence-corrected chi connectivity index (χ0v) is 13.6. The Hall–Kier alpha value is -1.11. The maximum absolute atomic E-state index is 12.4. The van der Waals surface area contributed by atoms with Gasteiger partial charge in [-0.15, -0.1) is 11.3 Å². The molecule has 1 aromatic heterocycles. The third-order valence-electron chi connectivity index (χ3n) is 3.62. The molecule has 0 unspecified atom stereocenters. The van der Waals surface area contributed by atoms with Crippen LogP contribution in [0, 0.1) is 0 Å². The number of nitrogens with one attached hydrogen (secondary N) is 1. The van der Waals surface area contributed by atoms with Gasteiger partial charge >= 0.3 is 0 Å². The molecule has 4 nitrogen and oxygen atoms in total. The van der Waals surface area contributed by atoms with Gasteiger partial charge in [-0.05, 0) is 31.0 Å². The lowest BCUT2D eigenvalue weighted by atomic mass is 10.1. The Morgan fingerprint density at radius 1 is 1.38 bits per heavy atom. The predicted octanol–water partition coefficient (Wildman–Crippen LogP) is 2.78. The van der Waals surface area contributed by atoms with E-state index in [9.17, 15) is 9.00 Å². The third-order valence-corrected chi connectivity index (χ3v) is 6.40. The van der Waals surface area contributed by atoms with Crippen LogP contribution in [0.2, 0.25) is 5.02 Å². The van der Waals surface area contributed by atoms with Gasteiger partial charge in [0.25, 0.3) is 5.91 Å². The molecule has 1 fully saturated rings. The number of anilines is 1. The van der Waals surface area contributed by atoms with Crippen LogP contribution in [0.15, 0.2) is 18.2 Å². The molecule has 1 aliphatic heterocycles. The quantitative estimate of drug-likeness (QED) is 0.881. The zero-order chi connectivity index (χ0) is 15.0. The van der Waals surface area contributed by atoms with E-state index in [2.05, 4.69) is 5.32 Å². The van der Waals surface area contributed by atoms with E-state index in [1.54, 1.807) is 6.07 Å². The van der Waals surface area contributed by atoms with Crippen molar-refractivity contribution < 1.29 is 9.00 Å². The number of amides is 1. The molecule has 0 bridgehead atoms. The highest BCUT2D eigenvalue weighted by Gasteiger charge is 2.23. The van der Waals surface area contributed by atoms with Crippen molar-refractivity contribution in [2.45, 2.75) is 18.9 Å². The van der Waals surface area contributed by atoms with E-state index in [0.717, 1.165) is 22.9 Å². The number of carbonyl (C=O) groups excluding carboxylic acids is 1. The highest BCUT2D eigenvalue weighted by Crippen LogP contribution is 2.35. The first-order valence-corrected chi connectivity index (χ1v) is 9.36. The average molecular weight is 343 g/mol. The number of nitrogen functional groups attached to an aromatic ring is 1. The molecule has 0 aliphatic carbocycles. The van der Waals surface area contributed by atoms with Gasteiger partial charge in [0, 0.05) is 43.5 Å². The molecule has 1 aliphatic rings. The van der Waals surface area contributed by atoms with Crippen LogP contribution in [0.4, 0.5) is 5.69 Å². The number of benzene rings is 1. The van der Waals surface area contributed by atoms with Gasteiger partial charge in [-0.1, -0.05) is 11.6 Å². The van der Waals surface area contributed by atoms with E-state index in [-0.39, 0.29) is 11.9 Å². The molecule has 0 radical (unpaired) electrons. The minimum atomic E-state index is -0.728. The summed E-state index contributed by atoms with van der Waals surface area (Å²) in [6.45, 7) is 0. The monoisotopic (exact) mass is 342 g/mol. The Kier molecular flexibility index (Phi) is 4.19. The van der Waals surface area contributed by atoms with E-state index in [1.165, 1.54) is 11.3 Å². The number of carbonyl (C=O) groups is 1. The standard InChI is InChI=1S/C14H15ClN2O2S2/c15-8-1-2-10-11(7-8)20-13(12(10)16)14(18)17-9-3-5-21(19)6-4-9/h1-2,7,9H,3-6,16H2,(H,17,18). The minimum Gasteiger partial charge on any atom is -0.397 e. The van der Waals surface area contributed by atoms with Gasteiger partial charge in [0.1, 0.15) is 4.88 Å². The van der Waals surface area contributed by atoms with E-state index in [4.69, 9.17) is 17.3 Å². The molecule has 2 aromatic rings. The number of rotatable bonds is 2. The molecule has 21 heavy (non-hydrogen) atoms. The summed E-state index contributed by atoms with van der Waals surface area (Å²) in [6, 6.07) is 5.51. The lowest BCUT2D eigenvalue weighted by molar-refractivity contribution is 0.0939. The molecule has 1 amide bonds. The summed E-state index contributed by atoms with van der Waals surface area (Å²) < 4.78 is 12.2. The van der Waals surface area contributed by atoms with Crippen molar-refractivity contribution in [2.75, 3.05) is 17.2 Å². The normalized spacial score (nSPS) is 22.3. The van der Waals surface area contributed by atoms with Crippen molar-refractivity contribution in [1.29, 1.82) is 0 Å². The second-order valence-electron chi connectivity index (χ2n) is 5.08. The number of halogens is 1. The Morgan fingerprint density at radius 3 is 2.81 bits per heavy atom. The Morgan fingerprint density at radius 2 is 2.10 bits per heavy atom. The molecular weight excluding hydrogens is 328 g/mol. The molecule has 3 N–H and O–H groups in total. The molecule has 7 heteroatoms. The lowest BCUT2D eigenvalue weighted by Crippen LogP contribution is -2.39. The van der Waals surface area contributed by atoms with Crippen LogP contribution in [-0.2, 0) is 10.8 Å². The number of hydrogen-bond donors (Lipinski definition) is 2. The fraction of sp³-hybridized carbons (Fsp3) is 0.357. The van der Waals surface area contributed by atoms with E-state index in [1.807, 2.05) is 12.1 Å². The molecule has 112 valence electrons. The number of thiophene rings is 1. The van der Waals surface area contributed by atoms with Gasteiger partial charge in [0.05, 0.1) is 5.69 Å². The molecule has 3 rings (SSSR count). The summed E-state index contributed by atoms with van der Waals surface area (Å²) >= 11 is 7.32. The van der Waals surface area contributed by atoms with Crippen LogP contribution in [0.25, 0.3) is 10.1 Å². The summed E-state index contributed by atoms with van der Waals surface area (Å²) in [6.07, 6.45) is 1.52. The fourth-order valence-electron chi connectivity index (χ4n) is 2.45. The van der Waals surface area contributed by atoms with Crippen LogP contribution in [0.3, 0.4) is 0 Å². The van der Waals surface area contributed by atoms with Gasteiger partial charge in [-0.2, -0.15) is 0 Å². The van der Waals surface area contributed by atoms with Crippen molar-refractivity contribution in [3.05, 3.63) is 28.1 Å². The first-order chi connectivity index (χ1) is 10.0. The van der Waals surface area contributed by atoms with Crippen molar-refractivity contribution in [3.63, 3.8) is 0 Å². The maximum Gasteiger partial charge on any atom is 0.263 e. The Labute approximate surface area is 134 Å². The molecule has 2 heterocycles. The van der Waals surface area contributed by atoms with E-state index in [0.29, 0.717) is 27.1 Å². The number of nitrogens with two attached hydrogens (primary N) is 1. The zero-order valence-electron chi connectivity index (χ0n) is 11.2. The molecule has 1 aromatic carbocycles.